The molecule has 0 spiro atoms. The lowest BCUT2D eigenvalue weighted by Crippen LogP contribution is -2.24. The Morgan fingerprint density at radius 2 is 2.30 bits per heavy atom. The van der Waals surface area contributed by atoms with Gasteiger partial charge < -0.3 is 15.8 Å². The van der Waals surface area contributed by atoms with Crippen LogP contribution in [0.1, 0.15) is 22.2 Å². The molecule has 0 bridgehead atoms. The van der Waals surface area contributed by atoms with Crippen molar-refractivity contribution >= 4 is 38.9 Å². The van der Waals surface area contributed by atoms with E-state index in [1.807, 2.05) is 18.4 Å². The lowest BCUT2D eigenvalue weighted by Gasteiger charge is -2.12. The maximum atomic E-state index is 12.3. The van der Waals surface area contributed by atoms with E-state index in [2.05, 4.69) is 21.2 Å². The number of anilines is 1. The molecule has 2 rings (SSSR count). The molecule has 0 aliphatic rings. The molecular formula is C14H15BrN2O2S. The topological polar surface area (TPSA) is 64.3 Å². The molecule has 0 aliphatic heterocycles. The largest absolute Gasteiger partial charge is 0.493 e. The van der Waals surface area contributed by atoms with E-state index in [9.17, 15) is 4.79 Å². The highest BCUT2D eigenvalue weighted by molar-refractivity contribution is 9.10. The van der Waals surface area contributed by atoms with Crippen LogP contribution in [-0.4, -0.2) is 12.5 Å². The van der Waals surface area contributed by atoms with Gasteiger partial charge in [0, 0.05) is 20.4 Å². The number of nitrogens with two attached hydrogens (primary N) is 1. The average molecular weight is 355 g/mol. The van der Waals surface area contributed by atoms with Crippen molar-refractivity contribution in [2.45, 2.75) is 13.5 Å². The van der Waals surface area contributed by atoms with E-state index in [1.54, 1.807) is 29.5 Å². The Kier molecular flexibility index (Phi) is 5.03. The van der Waals surface area contributed by atoms with Crippen molar-refractivity contribution in [3.05, 3.63) is 44.6 Å². The molecule has 6 heteroatoms. The Morgan fingerprint density at radius 1 is 1.50 bits per heavy atom. The molecule has 0 aliphatic carbocycles. The SMILES string of the molecule is CCOc1cccc(N)c1C(=O)NCc1cc(Br)cs1. The highest BCUT2D eigenvalue weighted by Gasteiger charge is 2.15. The molecule has 0 atom stereocenters. The van der Waals surface area contributed by atoms with Crippen LogP contribution in [0.4, 0.5) is 5.69 Å². The normalized spacial score (nSPS) is 10.3. The van der Waals surface area contributed by atoms with Crippen molar-refractivity contribution in [3.63, 3.8) is 0 Å². The number of carbonyl (C=O) groups excluding carboxylic acids is 1. The third kappa shape index (κ3) is 3.52. The fraction of sp³-hybridized carbons (Fsp3) is 0.214. The van der Waals surface area contributed by atoms with Crippen LogP contribution in [0.5, 0.6) is 5.75 Å². The summed E-state index contributed by atoms with van der Waals surface area (Å²) in [5.41, 5.74) is 6.69. The van der Waals surface area contributed by atoms with Crippen LogP contribution < -0.4 is 15.8 Å². The lowest BCUT2D eigenvalue weighted by molar-refractivity contribution is 0.0948. The highest BCUT2D eigenvalue weighted by atomic mass is 79.9. The van der Waals surface area contributed by atoms with Gasteiger partial charge in [-0.25, -0.2) is 0 Å². The molecule has 1 heterocycles. The summed E-state index contributed by atoms with van der Waals surface area (Å²) in [4.78, 5) is 13.3. The predicted octanol–water partition coefficient (Wildman–Crippen LogP) is 3.42. The Bertz CT molecular complexity index is 613. The van der Waals surface area contributed by atoms with E-state index in [4.69, 9.17) is 10.5 Å². The van der Waals surface area contributed by atoms with E-state index < -0.39 is 0 Å². The van der Waals surface area contributed by atoms with Crippen molar-refractivity contribution in [2.24, 2.45) is 0 Å². The second-order valence-electron chi connectivity index (χ2n) is 4.07. The minimum atomic E-state index is -0.226. The van der Waals surface area contributed by atoms with Crippen molar-refractivity contribution in [1.82, 2.24) is 5.32 Å². The number of benzene rings is 1. The molecule has 1 aromatic heterocycles. The number of hydrogen-bond acceptors (Lipinski definition) is 4. The van der Waals surface area contributed by atoms with Crippen LogP contribution in [0.3, 0.4) is 0 Å². The zero-order valence-electron chi connectivity index (χ0n) is 11.0. The van der Waals surface area contributed by atoms with Crippen LogP contribution in [0.2, 0.25) is 0 Å². The molecule has 0 saturated heterocycles. The number of amides is 1. The number of thiophene rings is 1. The molecule has 20 heavy (non-hydrogen) atoms. The zero-order chi connectivity index (χ0) is 14.5. The Balaban J connectivity index is 2.12. The molecule has 1 amide bonds. The van der Waals surface area contributed by atoms with Gasteiger partial charge in [0.05, 0.1) is 13.2 Å². The highest BCUT2D eigenvalue weighted by Crippen LogP contribution is 2.25. The third-order valence-electron chi connectivity index (χ3n) is 2.63. The first kappa shape index (κ1) is 14.9. The molecule has 1 aromatic carbocycles. The Morgan fingerprint density at radius 3 is 2.95 bits per heavy atom. The van der Waals surface area contributed by atoms with E-state index in [0.29, 0.717) is 30.2 Å². The number of halogens is 1. The van der Waals surface area contributed by atoms with Crippen LogP contribution >= 0.6 is 27.3 Å². The summed E-state index contributed by atoms with van der Waals surface area (Å²) in [7, 11) is 0. The van der Waals surface area contributed by atoms with Crippen molar-refractivity contribution in [2.75, 3.05) is 12.3 Å². The first-order chi connectivity index (χ1) is 9.61. The number of nitrogen functional groups attached to an aromatic ring is 1. The Hall–Kier alpha value is -1.53. The van der Waals surface area contributed by atoms with Gasteiger partial charge in [-0.15, -0.1) is 11.3 Å². The van der Waals surface area contributed by atoms with E-state index in [1.165, 1.54) is 0 Å². The average Bonchev–Trinajstić information content (AvgIpc) is 2.82. The fourth-order valence-electron chi connectivity index (χ4n) is 1.77. The van der Waals surface area contributed by atoms with Gasteiger partial charge in [0.2, 0.25) is 0 Å². The van der Waals surface area contributed by atoms with Gasteiger partial charge in [0.15, 0.2) is 0 Å². The molecule has 0 saturated carbocycles. The molecule has 3 N–H and O–H groups in total. The molecule has 0 fully saturated rings. The summed E-state index contributed by atoms with van der Waals surface area (Å²) in [6.07, 6.45) is 0. The van der Waals surface area contributed by atoms with Crippen LogP contribution in [0.25, 0.3) is 0 Å². The van der Waals surface area contributed by atoms with Gasteiger partial charge in [-0.1, -0.05) is 6.07 Å². The van der Waals surface area contributed by atoms with E-state index >= 15 is 0 Å². The minimum absolute atomic E-state index is 0.226. The smallest absolute Gasteiger partial charge is 0.257 e. The molecule has 4 nitrogen and oxygen atoms in total. The van der Waals surface area contributed by atoms with E-state index in [0.717, 1.165) is 9.35 Å². The van der Waals surface area contributed by atoms with Gasteiger partial charge in [-0.3, -0.25) is 4.79 Å². The van der Waals surface area contributed by atoms with Gasteiger partial charge in [0.25, 0.3) is 5.91 Å². The molecule has 0 unspecified atom stereocenters. The van der Waals surface area contributed by atoms with Crippen LogP contribution in [0, 0.1) is 0 Å². The van der Waals surface area contributed by atoms with Crippen molar-refractivity contribution in [3.8, 4) is 5.75 Å². The van der Waals surface area contributed by atoms with Crippen LogP contribution in [-0.2, 0) is 6.54 Å². The molecule has 2 aromatic rings. The first-order valence-electron chi connectivity index (χ1n) is 6.14. The summed E-state index contributed by atoms with van der Waals surface area (Å²) in [6, 6.07) is 7.19. The molecule has 0 radical (unpaired) electrons. The summed E-state index contributed by atoms with van der Waals surface area (Å²) < 4.78 is 6.46. The number of rotatable bonds is 5. The fourth-order valence-corrected chi connectivity index (χ4v) is 3.16. The molecular weight excluding hydrogens is 340 g/mol. The monoisotopic (exact) mass is 354 g/mol. The second-order valence-corrected chi connectivity index (χ2v) is 5.98. The van der Waals surface area contributed by atoms with Crippen molar-refractivity contribution < 1.29 is 9.53 Å². The lowest BCUT2D eigenvalue weighted by atomic mass is 10.1. The summed E-state index contributed by atoms with van der Waals surface area (Å²) in [6.45, 7) is 2.82. The second kappa shape index (κ2) is 6.76. The van der Waals surface area contributed by atoms with Gasteiger partial charge in [-0.05, 0) is 41.1 Å². The third-order valence-corrected chi connectivity index (χ3v) is 4.33. The molecule has 106 valence electrons. The number of carbonyl (C=O) groups is 1. The Labute approximate surface area is 130 Å². The predicted molar refractivity (Wildman–Crippen MR) is 85.2 cm³/mol. The summed E-state index contributed by atoms with van der Waals surface area (Å²) >= 11 is 4.97. The van der Waals surface area contributed by atoms with Crippen molar-refractivity contribution in [1.29, 1.82) is 0 Å². The van der Waals surface area contributed by atoms with Gasteiger partial charge in [-0.2, -0.15) is 0 Å². The number of ether oxygens (including phenoxy) is 1. The van der Waals surface area contributed by atoms with Gasteiger partial charge >= 0.3 is 0 Å². The van der Waals surface area contributed by atoms with E-state index in [-0.39, 0.29) is 5.91 Å². The summed E-state index contributed by atoms with van der Waals surface area (Å²) in [5.74, 6) is 0.286. The van der Waals surface area contributed by atoms with Crippen LogP contribution in [0.15, 0.2) is 34.1 Å². The first-order valence-corrected chi connectivity index (χ1v) is 7.81. The maximum absolute atomic E-state index is 12.3. The number of nitrogens with one attached hydrogen (secondary N) is 1. The zero-order valence-corrected chi connectivity index (χ0v) is 13.4. The quantitative estimate of drug-likeness (QED) is 0.808. The number of hydrogen-bond donors (Lipinski definition) is 2. The summed E-state index contributed by atoms with van der Waals surface area (Å²) in [5, 5.41) is 4.84. The minimum Gasteiger partial charge on any atom is -0.493 e. The van der Waals surface area contributed by atoms with Gasteiger partial charge in [0.1, 0.15) is 11.3 Å². The maximum Gasteiger partial charge on any atom is 0.257 e. The standard InChI is InChI=1S/C14H15BrN2O2S/c1-2-19-12-5-3-4-11(16)13(12)14(18)17-7-10-6-9(15)8-20-10/h3-6,8H,2,7,16H2,1H3,(H,17,18).